The molecule has 0 aliphatic rings. The van der Waals surface area contributed by atoms with Crippen LogP contribution in [0.2, 0.25) is 0 Å². The highest BCUT2D eigenvalue weighted by atomic mass is 15.4. The third-order valence-corrected chi connectivity index (χ3v) is 3.37. The Balaban J connectivity index is 2.28. The SMILES string of the molecule is CCCNC(c1ccc(CC)cc1)c1cnnn1C. The zero-order valence-corrected chi connectivity index (χ0v) is 11.9. The summed E-state index contributed by atoms with van der Waals surface area (Å²) < 4.78 is 1.83. The smallest absolute Gasteiger partial charge is 0.0798 e. The van der Waals surface area contributed by atoms with Crippen molar-refractivity contribution in [2.45, 2.75) is 32.7 Å². The number of aromatic nitrogens is 3. The van der Waals surface area contributed by atoms with E-state index in [1.165, 1.54) is 11.1 Å². The van der Waals surface area contributed by atoms with E-state index < -0.39 is 0 Å². The van der Waals surface area contributed by atoms with Crippen molar-refractivity contribution in [2.24, 2.45) is 7.05 Å². The molecule has 0 aliphatic heterocycles. The number of nitrogens with zero attached hydrogens (tertiary/aromatic N) is 3. The minimum atomic E-state index is 0.158. The molecule has 2 rings (SSSR count). The average molecular weight is 258 g/mol. The number of aryl methyl sites for hydroxylation is 2. The zero-order valence-electron chi connectivity index (χ0n) is 11.9. The van der Waals surface area contributed by atoms with Gasteiger partial charge in [-0.05, 0) is 30.5 Å². The molecule has 0 aliphatic carbocycles. The predicted molar refractivity (Wildman–Crippen MR) is 77.0 cm³/mol. The van der Waals surface area contributed by atoms with Crippen LogP contribution in [-0.2, 0) is 13.5 Å². The molecule has 0 bridgehead atoms. The highest BCUT2D eigenvalue weighted by Gasteiger charge is 2.17. The van der Waals surface area contributed by atoms with E-state index in [9.17, 15) is 0 Å². The van der Waals surface area contributed by atoms with Gasteiger partial charge >= 0.3 is 0 Å². The van der Waals surface area contributed by atoms with Crippen molar-refractivity contribution in [1.82, 2.24) is 20.3 Å². The van der Waals surface area contributed by atoms with Crippen LogP contribution in [0.5, 0.6) is 0 Å². The predicted octanol–water partition coefficient (Wildman–Crippen LogP) is 2.47. The molecule has 1 aromatic heterocycles. The Hall–Kier alpha value is -1.68. The minimum Gasteiger partial charge on any atom is -0.305 e. The molecule has 0 saturated carbocycles. The monoisotopic (exact) mass is 258 g/mol. The molecule has 1 N–H and O–H groups in total. The summed E-state index contributed by atoms with van der Waals surface area (Å²) in [6.45, 7) is 5.32. The van der Waals surface area contributed by atoms with E-state index in [0.717, 1.165) is 25.1 Å². The molecule has 19 heavy (non-hydrogen) atoms. The van der Waals surface area contributed by atoms with Gasteiger partial charge in [-0.3, -0.25) is 4.68 Å². The molecular formula is C15H22N4. The second-order valence-corrected chi connectivity index (χ2v) is 4.76. The topological polar surface area (TPSA) is 42.7 Å². The van der Waals surface area contributed by atoms with Gasteiger partial charge < -0.3 is 5.32 Å². The van der Waals surface area contributed by atoms with Gasteiger partial charge in [-0.25, -0.2) is 0 Å². The number of hydrogen-bond acceptors (Lipinski definition) is 3. The van der Waals surface area contributed by atoms with E-state index in [0.29, 0.717) is 0 Å². The van der Waals surface area contributed by atoms with Crippen LogP contribution in [0.1, 0.15) is 43.1 Å². The molecule has 0 radical (unpaired) electrons. The van der Waals surface area contributed by atoms with E-state index in [-0.39, 0.29) is 6.04 Å². The van der Waals surface area contributed by atoms with Crippen molar-refractivity contribution >= 4 is 0 Å². The Bertz CT molecular complexity index is 501. The molecule has 102 valence electrons. The first-order valence-corrected chi connectivity index (χ1v) is 6.93. The number of nitrogens with one attached hydrogen (secondary N) is 1. The Morgan fingerprint density at radius 3 is 2.47 bits per heavy atom. The van der Waals surface area contributed by atoms with Crippen LogP contribution in [0.4, 0.5) is 0 Å². The number of hydrogen-bond donors (Lipinski definition) is 1. The van der Waals surface area contributed by atoms with Crippen molar-refractivity contribution in [1.29, 1.82) is 0 Å². The van der Waals surface area contributed by atoms with Gasteiger partial charge in [0, 0.05) is 7.05 Å². The quantitative estimate of drug-likeness (QED) is 0.865. The fraction of sp³-hybridized carbons (Fsp3) is 0.467. The third-order valence-electron chi connectivity index (χ3n) is 3.37. The molecule has 0 amide bonds. The summed E-state index contributed by atoms with van der Waals surface area (Å²) in [6.07, 6.45) is 4.01. The van der Waals surface area contributed by atoms with Gasteiger partial charge in [0.25, 0.3) is 0 Å². The van der Waals surface area contributed by atoms with E-state index >= 15 is 0 Å². The van der Waals surface area contributed by atoms with Crippen LogP contribution in [0.15, 0.2) is 30.5 Å². The standard InChI is InChI=1S/C15H22N4/c1-4-10-16-15(14-11-17-18-19(14)3)13-8-6-12(5-2)7-9-13/h6-9,11,15-16H,4-5,10H2,1-3H3. The van der Waals surface area contributed by atoms with E-state index in [1.54, 1.807) is 0 Å². The molecular weight excluding hydrogens is 236 g/mol. The average Bonchev–Trinajstić information content (AvgIpc) is 2.86. The summed E-state index contributed by atoms with van der Waals surface area (Å²) in [7, 11) is 1.93. The second-order valence-electron chi connectivity index (χ2n) is 4.76. The first kappa shape index (κ1) is 13.7. The molecule has 0 fully saturated rings. The summed E-state index contributed by atoms with van der Waals surface area (Å²) in [4.78, 5) is 0. The molecule has 1 aromatic carbocycles. The van der Waals surface area contributed by atoms with E-state index in [2.05, 4.69) is 53.7 Å². The Labute approximate surface area is 114 Å². The molecule has 0 spiro atoms. The van der Waals surface area contributed by atoms with Crippen molar-refractivity contribution in [3.8, 4) is 0 Å². The lowest BCUT2D eigenvalue weighted by Crippen LogP contribution is -2.25. The van der Waals surface area contributed by atoms with Crippen LogP contribution in [0.25, 0.3) is 0 Å². The van der Waals surface area contributed by atoms with Gasteiger partial charge in [0.1, 0.15) is 0 Å². The van der Waals surface area contributed by atoms with Gasteiger partial charge in [-0.2, -0.15) is 0 Å². The lowest BCUT2D eigenvalue weighted by molar-refractivity contribution is 0.550. The van der Waals surface area contributed by atoms with Crippen LogP contribution in [0.3, 0.4) is 0 Å². The molecule has 1 atom stereocenters. The zero-order chi connectivity index (χ0) is 13.7. The maximum Gasteiger partial charge on any atom is 0.0798 e. The fourth-order valence-electron chi connectivity index (χ4n) is 2.19. The van der Waals surface area contributed by atoms with Crippen LogP contribution >= 0.6 is 0 Å². The lowest BCUT2D eigenvalue weighted by atomic mass is 10.0. The lowest BCUT2D eigenvalue weighted by Gasteiger charge is -2.19. The van der Waals surface area contributed by atoms with Crippen molar-refractivity contribution in [3.05, 3.63) is 47.3 Å². The maximum absolute atomic E-state index is 4.03. The van der Waals surface area contributed by atoms with Gasteiger partial charge in [0.05, 0.1) is 17.9 Å². The molecule has 1 heterocycles. The molecule has 4 heteroatoms. The third kappa shape index (κ3) is 3.20. The Morgan fingerprint density at radius 1 is 1.21 bits per heavy atom. The molecule has 4 nitrogen and oxygen atoms in total. The summed E-state index contributed by atoms with van der Waals surface area (Å²) in [5, 5.41) is 11.6. The van der Waals surface area contributed by atoms with E-state index in [1.807, 2.05) is 17.9 Å². The first-order chi connectivity index (χ1) is 9.26. The van der Waals surface area contributed by atoms with Crippen molar-refractivity contribution in [2.75, 3.05) is 6.54 Å². The second kappa shape index (κ2) is 6.48. The van der Waals surface area contributed by atoms with Gasteiger partial charge in [-0.15, -0.1) is 5.10 Å². The molecule has 2 aromatic rings. The van der Waals surface area contributed by atoms with Gasteiger partial charge in [-0.1, -0.05) is 43.3 Å². The number of rotatable bonds is 6. The normalized spacial score (nSPS) is 12.6. The van der Waals surface area contributed by atoms with Crippen molar-refractivity contribution < 1.29 is 0 Å². The largest absolute Gasteiger partial charge is 0.305 e. The summed E-state index contributed by atoms with van der Waals surface area (Å²) in [6, 6.07) is 8.93. The highest BCUT2D eigenvalue weighted by Crippen LogP contribution is 2.21. The van der Waals surface area contributed by atoms with Gasteiger partial charge in [0.15, 0.2) is 0 Å². The van der Waals surface area contributed by atoms with Crippen LogP contribution in [-0.4, -0.2) is 21.5 Å². The Morgan fingerprint density at radius 2 is 1.95 bits per heavy atom. The van der Waals surface area contributed by atoms with Crippen LogP contribution < -0.4 is 5.32 Å². The van der Waals surface area contributed by atoms with E-state index in [4.69, 9.17) is 0 Å². The Kier molecular flexibility index (Phi) is 4.68. The first-order valence-electron chi connectivity index (χ1n) is 6.93. The number of benzene rings is 1. The summed E-state index contributed by atoms with van der Waals surface area (Å²) in [5.41, 5.74) is 3.72. The fourth-order valence-corrected chi connectivity index (χ4v) is 2.19. The van der Waals surface area contributed by atoms with Crippen LogP contribution in [0, 0.1) is 0 Å². The maximum atomic E-state index is 4.03. The minimum absolute atomic E-state index is 0.158. The molecule has 1 unspecified atom stereocenters. The summed E-state index contributed by atoms with van der Waals surface area (Å²) in [5.74, 6) is 0. The van der Waals surface area contributed by atoms with Gasteiger partial charge in [0.2, 0.25) is 0 Å². The van der Waals surface area contributed by atoms with Crippen molar-refractivity contribution in [3.63, 3.8) is 0 Å². The summed E-state index contributed by atoms with van der Waals surface area (Å²) >= 11 is 0. The highest BCUT2D eigenvalue weighted by molar-refractivity contribution is 5.30. The molecule has 0 saturated heterocycles.